The first-order valence-electron chi connectivity index (χ1n) is 8.18. The fourth-order valence-corrected chi connectivity index (χ4v) is 2.68. The summed E-state index contributed by atoms with van der Waals surface area (Å²) in [6.07, 6.45) is 1.43. The molecule has 0 fully saturated rings. The average molecular weight is 371 g/mol. The maximum Gasteiger partial charge on any atom is 0.325 e. The summed E-state index contributed by atoms with van der Waals surface area (Å²) in [6, 6.07) is 7.58. The Bertz CT molecular complexity index is 991. The fourth-order valence-electron chi connectivity index (χ4n) is 2.68. The second-order valence-corrected chi connectivity index (χ2v) is 6.08. The van der Waals surface area contributed by atoms with E-state index in [0.29, 0.717) is 17.9 Å². The Hall–Kier alpha value is -3.49. The third kappa shape index (κ3) is 4.20. The SMILES string of the molecule is Cc1nn(Cc2ccc(F)cc2)c(C)c1NC(=O)c1ccn(CC(=O)O)n1. The van der Waals surface area contributed by atoms with E-state index in [1.807, 2.05) is 6.92 Å². The van der Waals surface area contributed by atoms with Gasteiger partial charge < -0.3 is 10.4 Å². The van der Waals surface area contributed by atoms with Gasteiger partial charge in [0.25, 0.3) is 5.91 Å². The van der Waals surface area contributed by atoms with E-state index in [0.717, 1.165) is 11.3 Å². The summed E-state index contributed by atoms with van der Waals surface area (Å²) >= 11 is 0. The molecule has 0 aliphatic carbocycles. The van der Waals surface area contributed by atoms with Crippen LogP contribution in [0.5, 0.6) is 0 Å². The van der Waals surface area contributed by atoms with Gasteiger partial charge in [0.2, 0.25) is 0 Å². The van der Waals surface area contributed by atoms with E-state index in [4.69, 9.17) is 5.11 Å². The predicted octanol–water partition coefficient (Wildman–Crippen LogP) is 2.22. The van der Waals surface area contributed by atoms with Crippen molar-refractivity contribution in [2.24, 2.45) is 0 Å². The zero-order valence-corrected chi connectivity index (χ0v) is 14.8. The summed E-state index contributed by atoms with van der Waals surface area (Å²) in [5, 5.41) is 19.9. The van der Waals surface area contributed by atoms with Crippen molar-refractivity contribution in [2.45, 2.75) is 26.9 Å². The Labute approximate surface area is 154 Å². The monoisotopic (exact) mass is 371 g/mol. The highest BCUT2D eigenvalue weighted by atomic mass is 19.1. The zero-order chi connectivity index (χ0) is 19.6. The van der Waals surface area contributed by atoms with Crippen LogP contribution in [0.15, 0.2) is 36.5 Å². The largest absolute Gasteiger partial charge is 0.480 e. The number of amides is 1. The number of hydrogen-bond acceptors (Lipinski definition) is 4. The smallest absolute Gasteiger partial charge is 0.325 e. The first-order chi connectivity index (χ1) is 12.8. The van der Waals surface area contributed by atoms with Gasteiger partial charge in [-0.3, -0.25) is 19.0 Å². The highest BCUT2D eigenvalue weighted by Gasteiger charge is 2.17. The number of carbonyl (C=O) groups is 2. The van der Waals surface area contributed by atoms with Gasteiger partial charge in [0.1, 0.15) is 12.4 Å². The van der Waals surface area contributed by atoms with E-state index >= 15 is 0 Å². The van der Waals surface area contributed by atoms with Gasteiger partial charge in [-0.15, -0.1) is 0 Å². The third-order valence-electron chi connectivity index (χ3n) is 4.04. The number of carboxylic acids is 1. The van der Waals surface area contributed by atoms with Gasteiger partial charge in [-0.2, -0.15) is 10.2 Å². The van der Waals surface area contributed by atoms with E-state index in [-0.39, 0.29) is 18.1 Å². The maximum absolute atomic E-state index is 13.0. The van der Waals surface area contributed by atoms with Crippen LogP contribution in [0.25, 0.3) is 0 Å². The standard InChI is InChI=1S/C18H18FN5O3/c1-11-17(20-18(27)15-7-8-23(22-15)10-16(25)26)12(2)24(21-11)9-13-3-5-14(19)6-4-13/h3-8H,9-10H2,1-2H3,(H,20,27)(H,25,26). The lowest BCUT2D eigenvalue weighted by Crippen LogP contribution is -2.16. The van der Waals surface area contributed by atoms with Crippen LogP contribution >= 0.6 is 0 Å². The molecule has 0 radical (unpaired) electrons. The van der Waals surface area contributed by atoms with Crippen LogP contribution in [-0.2, 0) is 17.9 Å². The number of halogens is 1. The number of hydrogen-bond donors (Lipinski definition) is 2. The van der Waals surface area contributed by atoms with Crippen molar-refractivity contribution in [3.05, 3.63) is 65.0 Å². The quantitative estimate of drug-likeness (QED) is 0.692. The van der Waals surface area contributed by atoms with E-state index in [1.165, 1.54) is 29.1 Å². The molecule has 0 saturated heterocycles. The van der Waals surface area contributed by atoms with Crippen LogP contribution in [0.2, 0.25) is 0 Å². The first-order valence-corrected chi connectivity index (χ1v) is 8.18. The van der Waals surface area contributed by atoms with Gasteiger partial charge in [0.15, 0.2) is 5.69 Å². The predicted molar refractivity (Wildman–Crippen MR) is 95.0 cm³/mol. The molecule has 0 unspecified atom stereocenters. The molecule has 8 nitrogen and oxygen atoms in total. The molecular formula is C18H18FN5O3. The van der Waals surface area contributed by atoms with Gasteiger partial charge >= 0.3 is 5.97 Å². The Morgan fingerprint density at radius 2 is 1.85 bits per heavy atom. The molecular weight excluding hydrogens is 353 g/mol. The lowest BCUT2D eigenvalue weighted by Gasteiger charge is -2.06. The molecule has 9 heteroatoms. The van der Waals surface area contributed by atoms with Crippen molar-refractivity contribution in [3.8, 4) is 0 Å². The van der Waals surface area contributed by atoms with Crippen LogP contribution in [0.1, 0.15) is 27.4 Å². The number of aromatic nitrogens is 4. The maximum atomic E-state index is 13.0. The van der Waals surface area contributed by atoms with E-state index < -0.39 is 11.9 Å². The highest BCUT2D eigenvalue weighted by molar-refractivity contribution is 6.03. The molecule has 140 valence electrons. The van der Waals surface area contributed by atoms with Crippen LogP contribution in [0.3, 0.4) is 0 Å². The molecule has 0 aliphatic rings. The molecule has 2 heterocycles. The molecule has 0 saturated carbocycles. The lowest BCUT2D eigenvalue weighted by molar-refractivity contribution is -0.137. The average Bonchev–Trinajstić information content (AvgIpc) is 3.17. The van der Waals surface area contributed by atoms with E-state index in [9.17, 15) is 14.0 Å². The van der Waals surface area contributed by atoms with E-state index in [1.54, 1.807) is 23.7 Å². The fraction of sp³-hybridized carbons (Fsp3) is 0.222. The minimum atomic E-state index is -1.04. The van der Waals surface area contributed by atoms with Crippen molar-refractivity contribution >= 4 is 17.6 Å². The Kier molecular flexibility index (Phi) is 5.02. The molecule has 0 spiro atoms. The Morgan fingerprint density at radius 3 is 2.52 bits per heavy atom. The molecule has 2 N–H and O–H groups in total. The second-order valence-electron chi connectivity index (χ2n) is 6.08. The lowest BCUT2D eigenvalue weighted by atomic mass is 10.2. The topological polar surface area (TPSA) is 102 Å². The first kappa shape index (κ1) is 18.3. The third-order valence-corrected chi connectivity index (χ3v) is 4.04. The summed E-state index contributed by atoms with van der Waals surface area (Å²) < 4.78 is 15.9. The number of anilines is 1. The number of benzene rings is 1. The number of aliphatic carboxylic acids is 1. The number of rotatable bonds is 6. The number of nitrogens with one attached hydrogen (secondary N) is 1. The molecule has 2 aromatic heterocycles. The zero-order valence-electron chi connectivity index (χ0n) is 14.8. The molecule has 0 bridgehead atoms. The normalized spacial score (nSPS) is 10.8. The minimum Gasteiger partial charge on any atom is -0.480 e. The molecule has 0 aliphatic heterocycles. The summed E-state index contributed by atoms with van der Waals surface area (Å²) in [6.45, 7) is 3.71. The van der Waals surface area contributed by atoms with Gasteiger partial charge in [0, 0.05) is 6.20 Å². The number of carboxylic acid groups (broad SMARTS) is 1. The Morgan fingerprint density at radius 1 is 1.15 bits per heavy atom. The number of nitrogens with zero attached hydrogens (tertiary/aromatic N) is 4. The molecule has 27 heavy (non-hydrogen) atoms. The summed E-state index contributed by atoms with van der Waals surface area (Å²) in [4.78, 5) is 23.1. The van der Waals surface area contributed by atoms with Crippen LogP contribution < -0.4 is 5.32 Å². The van der Waals surface area contributed by atoms with Crippen molar-refractivity contribution in [1.29, 1.82) is 0 Å². The summed E-state index contributed by atoms with van der Waals surface area (Å²) in [5.74, 6) is -1.80. The highest BCUT2D eigenvalue weighted by Crippen LogP contribution is 2.21. The second kappa shape index (κ2) is 7.40. The van der Waals surface area contributed by atoms with Gasteiger partial charge in [-0.1, -0.05) is 12.1 Å². The number of carbonyl (C=O) groups excluding carboxylic acids is 1. The molecule has 1 aromatic carbocycles. The summed E-state index contributed by atoms with van der Waals surface area (Å²) in [5.41, 5.74) is 2.94. The Balaban J connectivity index is 1.76. The summed E-state index contributed by atoms with van der Waals surface area (Å²) in [7, 11) is 0. The van der Waals surface area contributed by atoms with Gasteiger partial charge in [-0.25, -0.2) is 4.39 Å². The molecule has 1 amide bonds. The van der Waals surface area contributed by atoms with Crippen LogP contribution in [0, 0.1) is 19.7 Å². The van der Waals surface area contributed by atoms with Crippen molar-refractivity contribution in [3.63, 3.8) is 0 Å². The van der Waals surface area contributed by atoms with Gasteiger partial charge in [0.05, 0.1) is 23.6 Å². The molecule has 3 aromatic rings. The van der Waals surface area contributed by atoms with Crippen LogP contribution in [0.4, 0.5) is 10.1 Å². The van der Waals surface area contributed by atoms with Crippen molar-refractivity contribution < 1.29 is 19.1 Å². The van der Waals surface area contributed by atoms with Crippen molar-refractivity contribution in [1.82, 2.24) is 19.6 Å². The molecule has 3 rings (SSSR count). The minimum absolute atomic E-state index is 0.112. The van der Waals surface area contributed by atoms with Gasteiger partial charge in [-0.05, 0) is 37.6 Å². The van der Waals surface area contributed by atoms with E-state index in [2.05, 4.69) is 15.5 Å². The van der Waals surface area contributed by atoms with Crippen molar-refractivity contribution in [2.75, 3.05) is 5.32 Å². The van der Waals surface area contributed by atoms with Crippen LogP contribution in [-0.4, -0.2) is 36.5 Å². The number of aryl methyl sites for hydroxylation is 1. The molecule has 0 atom stereocenters.